The molecule has 2 nitrogen and oxygen atoms in total. The topological polar surface area (TPSA) is 29.5 Å². The first kappa shape index (κ1) is 12.8. The third-order valence-electron chi connectivity index (χ3n) is 2.04. The molecular weight excluding hydrogens is 374 g/mol. The minimum atomic E-state index is 0.00497. The van der Waals surface area contributed by atoms with Crippen LogP contribution in [-0.4, -0.2) is 5.11 Å². The van der Waals surface area contributed by atoms with Crippen molar-refractivity contribution < 1.29 is 9.84 Å². The molecule has 0 saturated carbocycles. The molecule has 0 spiro atoms. The minimum absolute atomic E-state index is 0.00497. The van der Waals surface area contributed by atoms with Crippen LogP contribution in [0.4, 0.5) is 0 Å². The minimum Gasteiger partial charge on any atom is -0.504 e. The van der Waals surface area contributed by atoms with Gasteiger partial charge in [0.15, 0.2) is 11.5 Å². The summed E-state index contributed by atoms with van der Waals surface area (Å²) in [5, 5.41) is 10.8. The second kappa shape index (κ2) is 5.33. The van der Waals surface area contributed by atoms with Crippen LogP contribution in [0.1, 0.15) is 0 Å². The molecule has 2 aromatic rings. The molecule has 2 rings (SSSR count). The zero-order chi connectivity index (χ0) is 12.4. The van der Waals surface area contributed by atoms with Crippen LogP contribution in [0.3, 0.4) is 0 Å². The van der Waals surface area contributed by atoms with Crippen LogP contribution < -0.4 is 4.74 Å². The van der Waals surface area contributed by atoms with Crippen molar-refractivity contribution in [3.8, 4) is 17.2 Å². The lowest BCUT2D eigenvalue weighted by atomic mass is 10.3. The molecule has 0 saturated heterocycles. The highest BCUT2D eigenvalue weighted by molar-refractivity contribution is 14.1. The highest BCUT2D eigenvalue weighted by Gasteiger charge is 2.08. The lowest BCUT2D eigenvalue weighted by molar-refractivity contribution is 0.411. The lowest BCUT2D eigenvalue weighted by Gasteiger charge is -2.09. The predicted molar refractivity (Wildman–Crippen MR) is 77.4 cm³/mol. The van der Waals surface area contributed by atoms with E-state index in [1.54, 1.807) is 30.3 Å². The first-order chi connectivity index (χ1) is 8.06. The summed E-state index contributed by atoms with van der Waals surface area (Å²) in [6.45, 7) is 0. The maximum atomic E-state index is 9.69. The van der Waals surface area contributed by atoms with Crippen LogP contribution in [-0.2, 0) is 0 Å². The molecule has 5 heteroatoms. The van der Waals surface area contributed by atoms with Crippen molar-refractivity contribution in [2.24, 2.45) is 0 Å². The van der Waals surface area contributed by atoms with Gasteiger partial charge in [-0.3, -0.25) is 0 Å². The van der Waals surface area contributed by atoms with Gasteiger partial charge in [0.05, 0.1) is 5.02 Å². The first-order valence-corrected chi connectivity index (χ1v) is 6.51. The van der Waals surface area contributed by atoms with Crippen LogP contribution in [0, 0.1) is 3.57 Å². The summed E-state index contributed by atoms with van der Waals surface area (Å²) in [6, 6.07) is 10.0. The van der Waals surface area contributed by atoms with Gasteiger partial charge >= 0.3 is 0 Å². The monoisotopic (exact) mass is 380 g/mol. The molecule has 0 radical (unpaired) electrons. The summed E-state index contributed by atoms with van der Waals surface area (Å²) in [6.07, 6.45) is 0. The highest BCUT2D eigenvalue weighted by atomic mass is 127. The van der Waals surface area contributed by atoms with E-state index in [0.717, 1.165) is 3.57 Å². The molecule has 2 aromatic carbocycles. The molecule has 0 aliphatic rings. The van der Waals surface area contributed by atoms with E-state index in [2.05, 4.69) is 22.6 Å². The zero-order valence-electron chi connectivity index (χ0n) is 8.45. The Labute approximate surface area is 122 Å². The Morgan fingerprint density at radius 1 is 1.06 bits per heavy atom. The van der Waals surface area contributed by atoms with Crippen LogP contribution in [0.2, 0.25) is 10.0 Å². The Bertz CT molecular complexity index is 541. The quantitative estimate of drug-likeness (QED) is 0.734. The van der Waals surface area contributed by atoms with Gasteiger partial charge in [-0.05, 0) is 52.9 Å². The third kappa shape index (κ3) is 3.18. The molecule has 1 N–H and O–H groups in total. The van der Waals surface area contributed by atoms with E-state index in [4.69, 9.17) is 27.9 Å². The number of phenols is 1. The maximum Gasteiger partial charge on any atom is 0.170 e. The van der Waals surface area contributed by atoms with Gasteiger partial charge in [0, 0.05) is 14.7 Å². The number of benzene rings is 2. The van der Waals surface area contributed by atoms with Gasteiger partial charge in [0.2, 0.25) is 0 Å². The summed E-state index contributed by atoms with van der Waals surface area (Å²) < 4.78 is 6.34. The summed E-state index contributed by atoms with van der Waals surface area (Å²) >= 11 is 13.7. The number of ether oxygens (including phenoxy) is 1. The van der Waals surface area contributed by atoms with E-state index < -0.39 is 0 Å². The lowest BCUT2D eigenvalue weighted by Crippen LogP contribution is -1.86. The van der Waals surface area contributed by atoms with Crippen LogP contribution in [0.15, 0.2) is 36.4 Å². The zero-order valence-corrected chi connectivity index (χ0v) is 12.1. The molecule has 0 fully saturated rings. The Hall–Kier alpha value is -0.650. The smallest absolute Gasteiger partial charge is 0.170 e. The van der Waals surface area contributed by atoms with Gasteiger partial charge in [-0.15, -0.1) is 0 Å². The number of phenolic OH excluding ortho intramolecular Hbond substituents is 1. The average molecular weight is 381 g/mol. The van der Waals surface area contributed by atoms with E-state index in [1.165, 1.54) is 6.07 Å². The number of rotatable bonds is 2. The molecule has 0 atom stereocenters. The van der Waals surface area contributed by atoms with Crippen molar-refractivity contribution in [2.45, 2.75) is 0 Å². The van der Waals surface area contributed by atoms with E-state index >= 15 is 0 Å². The average Bonchev–Trinajstić information content (AvgIpc) is 2.29. The SMILES string of the molecule is Oc1cc(Cl)c(I)cc1Oc1ccc(Cl)cc1. The van der Waals surface area contributed by atoms with Crippen LogP contribution in [0.5, 0.6) is 17.2 Å². The van der Waals surface area contributed by atoms with Crippen molar-refractivity contribution in [3.05, 3.63) is 50.0 Å². The van der Waals surface area contributed by atoms with Crippen LogP contribution >= 0.6 is 45.8 Å². The van der Waals surface area contributed by atoms with Gasteiger partial charge in [-0.1, -0.05) is 23.2 Å². The van der Waals surface area contributed by atoms with Crippen LogP contribution in [0.25, 0.3) is 0 Å². The number of hydrogen-bond donors (Lipinski definition) is 1. The second-order valence-corrected chi connectivity index (χ2v) is 5.30. The van der Waals surface area contributed by atoms with Gasteiger partial charge in [-0.2, -0.15) is 0 Å². The molecule has 17 heavy (non-hydrogen) atoms. The molecular formula is C12H7Cl2IO2. The molecule has 0 amide bonds. The first-order valence-electron chi connectivity index (χ1n) is 4.67. The van der Waals surface area contributed by atoms with Crippen molar-refractivity contribution in [2.75, 3.05) is 0 Å². The Morgan fingerprint density at radius 2 is 1.71 bits per heavy atom. The summed E-state index contributed by atoms with van der Waals surface area (Å²) in [7, 11) is 0. The van der Waals surface area contributed by atoms with E-state index in [1.807, 2.05) is 0 Å². The largest absolute Gasteiger partial charge is 0.504 e. The molecule has 0 aliphatic carbocycles. The summed E-state index contributed by atoms with van der Waals surface area (Å²) in [5.41, 5.74) is 0. The fourth-order valence-electron chi connectivity index (χ4n) is 1.23. The molecule has 0 aliphatic heterocycles. The maximum absolute atomic E-state index is 9.69. The standard InChI is InChI=1S/C12H7Cl2IO2/c13-7-1-3-8(4-2-7)17-12-6-10(15)9(14)5-11(12)16/h1-6,16H. The van der Waals surface area contributed by atoms with E-state index in [9.17, 15) is 5.11 Å². The van der Waals surface area contributed by atoms with Crippen molar-refractivity contribution in [1.29, 1.82) is 0 Å². The predicted octanol–water partition coefficient (Wildman–Crippen LogP) is 5.10. The van der Waals surface area contributed by atoms with Gasteiger partial charge in [-0.25, -0.2) is 0 Å². The van der Waals surface area contributed by atoms with Gasteiger partial charge < -0.3 is 9.84 Å². The molecule has 0 bridgehead atoms. The normalized spacial score (nSPS) is 10.3. The van der Waals surface area contributed by atoms with E-state index in [0.29, 0.717) is 21.5 Å². The summed E-state index contributed by atoms with van der Waals surface area (Å²) in [5.74, 6) is 0.967. The Kier molecular flexibility index (Phi) is 4.01. The van der Waals surface area contributed by atoms with Gasteiger partial charge in [0.1, 0.15) is 5.75 Å². The molecule has 0 aromatic heterocycles. The van der Waals surface area contributed by atoms with Crippen molar-refractivity contribution in [3.63, 3.8) is 0 Å². The Morgan fingerprint density at radius 3 is 2.35 bits per heavy atom. The molecule has 88 valence electrons. The van der Waals surface area contributed by atoms with E-state index in [-0.39, 0.29) is 5.75 Å². The molecule has 0 unspecified atom stereocenters. The van der Waals surface area contributed by atoms with Crippen molar-refractivity contribution in [1.82, 2.24) is 0 Å². The van der Waals surface area contributed by atoms with Gasteiger partial charge in [0.25, 0.3) is 0 Å². The highest BCUT2D eigenvalue weighted by Crippen LogP contribution is 2.36. The fourth-order valence-corrected chi connectivity index (χ4v) is 1.95. The number of hydrogen-bond acceptors (Lipinski definition) is 2. The second-order valence-electron chi connectivity index (χ2n) is 3.29. The Balaban J connectivity index is 2.30. The third-order valence-corrected chi connectivity index (χ3v) is 3.82. The summed E-state index contributed by atoms with van der Waals surface area (Å²) in [4.78, 5) is 0. The van der Waals surface area contributed by atoms with Crippen molar-refractivity contribution >= 4 is 45.8 Å². The number of aromatic hydroxyl groups is 1. The number of halogens is 3. The fraction of sp³-hybridized carbons (Fsp3) is 0. The molecule has 0 heterocycles.